The lowest BCUT2D eigenvalue weighted by Crippen LogP contribution is -2.49. The number of likely N-dealkylation sites (tertiary alicyclic amines) is 1. The van der Waals surface area contributed by atoms with Crippen LogP contribution < -0.4 is 5.32 Å². The highest BCUT2D eigenvalue weighted by molar-refractivity contribution is 4.78. The van der Waals surface area contributed by atoms with Crippen LogP contribution in [0.15, 0.2) is 0 Å². The molecule has 0 bridgehead atoms. The first-order valence-corrected chi connectivity index (χ1v) is 7.47. The number of β-amino-alcohol motifs (C(OH)–C–C–N with tert-alkyl or cyclic N) is 1. The number of aliphatic hydroxyl groups excluding tert-OH is 1. The van der Waals surface area contributed by atoms with Crippen LogP contribution in [0.1, 0.15) is 20.3 Å². The molecule has 0 aromatic carbocycles. The van der Waals surface area contributed by atoms with Crippen LogP contribution in [0.4, 0.5) is 0 Å². The summed E-state index contributed by atoms with van der Waals surface area (Å²) in [6.45, 7) is 12.9. The zero-order chi connectivity index (χ0) is 13.0. The number of aliphatic hydroxyl groups is 1. The highest BCUT2D eigenvalue weighted by Crippen LogP contribution is 2.20. The Morgan fingerprint density at radius 3 is 2.22 bits per heavy atom. The topological polar surface area (TPSA) is 38.7 Å². The fourth-order valence-electron chi connectivity index (χ4n) is 3.49. The summed E-state index contributed by atoms with van der Waals surface area (Å²) in [5.41, 5.74) is 0. The van der Waals surface area contributed by atoms with E-state index in [9.17, 15) is 5.11 Å². The van der Waals surface area contributed by atoms with Gasteiger partial charge in [-0.3, -0.25) is 4.90 Å². The summed E-state index contributed by atoms with van der Waals surface area (Å²) >= 11 is 0. The Balaban J connectivity index is 1.70. The summed E-state index contributed by atoms with van der Waals surface area (Å²) in [4.78, 5) is 4.82. The average molecular weight is 255 g/mol. The van der Waals surface area contributed by atoms with Crippen molar-refractivity contribution in [3.8, 4) is 0 Å². The van der Waals surface area contributed by atoms with Crippen molar-refractivity contribution in [1.82, 2.24) is 15.1 Å². The molecule has 0 aliphatic carbocycles. The van der Waals surface area contributed by atoms with E-state index in [1.54, 1.807) is 0 Å². The number of nitrogens with zero attached hydrogens (tertiary/aromatic N) is 2. The Kier molecular flexibility index (Phi) is 5.42. The van der Waals surface area contributed by atoms with Crippen LogP contribution in [-0.4, -0.2) is 73.4 Å². The number of hydrogen-bond donors (Lipinski definition) is 2. The lowest BCUT2D eigenvalue weighted by Gasteiger charge is -2.37. The third-order valence-corrected chi connectivity index (χ3v) is 4.09. The lowest BCUT2D eigenvalue weighted by molar-refractivity contribution is 0.0448. The number of piperidine rings is 1. The zero-order valence-electron chi connectivity index (χ0n) is 11.9. The maximum absolute atomic E-state index is 10.2. The van der Waals surface area contributed by atoms with Crippen molar-refractivity contribution in [2.45, 2.75) is 26.4 Å². The van der Waals surface area contributed by atoms with Crippen molar-refractivity contribution in [2.75, 3.05) is 52.4 Å². The van der Waals surface area contributed by atoms with Crippen molar-refractivity contribution in [3.05, 3.63) is 0 Å². The van der Waals surface area contributed by atoms with Gasteiger partial charge in [0, 0.05) is 52.4 Å². The van der Waals surface area contributed by atoms with E-state index in [4.69, 9.17) is 0 Å². The van der Waals surface area contributed by atoms with Crippen LogP contribution in [0.3, 0.4) is 0 Å². The van der Waals surface area contributed by atoms with E-state index in [0.29, 0.717) is 0 Å². The van der Waals surface area contributed by atoms with Crippen LogP contribution in [-0.2, 0) is 0 Å². The molecule has 4 heteroatoms. The van der Waals surface area contributed by atoms with Gasteiger partial charge >= 0.3 is 0 Å². The van der Waals surface area contributed by atoms with Gasteiger partial charge in [0.2, 0.25) is 0 Å². The van der Waals surface area contributed by atoms with E-state index in [1.165, 1.54) is 6.42 Å². The second-order valence-corrected chi connectivity index (χ2v) is 6.37. The monoisotopic (exact) mass is 255 g/mol. The molecule has 0 aromatic heterocycles. The molecular formula is C14H29N3O. The molecule has 2 rings (SSSR count). The molecule has 3 unspecified atom stereocenters. The number of rotatable bonds is 4. The third-order valence-electron chi connectivity index (χ3n) is 4.09. The Morgan fingerprint density at radius 2 is 1.61 bits per heavy atom. The lowest BCUT2D eigenvalue weighted by atomic mass is 9.92. The minimum atomic E-state index is -0.194. The molecule has 2 fully saturated rings. The van der Waals surface area contributed by atoms with Crippen molar-refractivity contribution >= 4 is 0 Å². The molecule has 3 atom stereocenters. The average Bonchev–Trinajstić information content (AvgIpc) is 2.28. The van der Waals surface area contributed by atoms with Crippen LogP contribution in [0.2, 0.25) is 0 Å². The molecule has 106 valence electrons. The first-order chi connectivity index (χ1) is 8.63. The molecule has 2 saturated heterocycles. The van der Waals surface area contributed by atoms with Crippen LogP contribution in [0, 0.1) is 11.8 Å². The summed E-state index contributed by atoms with van der Waals surface area (Å²) in [7, 11) is 0. The molecule has 2 aliphatic heterocycles. The fraction of sp³-hybridized carbons (Fsp3) is 1.00. The standard InChI is InChI=1S/C14H29N3O/c1-12-7-13(2)9-17(8-12)11-14(18)10-16-5-3-15-4-6-16/h12-15,18H,3-11H2,1-2H3. The van der Waals surface area contributed by atoms with E-state index in [2.05, 4.69) is 29.0 Å². The van der Waals surface area contributed by atoms with Gasteiger partial charge in [-0.25, -0.2) is 0 Å². The molecule has 0 amide bonds. The van der Waals surface area contributed by atoms with E-state index in [1.807, 2.05) is 0 Å². The predicted molar refractivity (Wildman–Crippen MR) is 74.7 cm³/mol. The first kappa shape index (κ1) is 14.3. The molecule has 4 nitrogen and oxygen atoms in total. The number of hydrogen-bond acceptors (Lipinski definition) is 4. The molecule has 2 aliphatic rings. The zero-order valence-corrected chi connectivity index (χ0v) is 11.9. The Hall–Kier alpha value is -0.160. The number of piperazine rings is 1. The molecule has 0 radical (unpaired) electrons. The molecular weight excluding hydrogens is 226 g/mol. The summed E-state index contributed by atoms with van der Waals surface area (Å²) < 4.78 is 0. The molecule has 18 heavy (non-hydrogen) atoms. The van der Waals surface area contributed by atoms with Gasteiger partial charge in [-0.15, -0.1) is 0 Å². The van der Waals surface area contributed by atoms with Gasteiger partial charge in [-0.1, -0.05) is 13.8 Å². The van der Waals surface area contributed by atoms with Gasteiger partial charge in [0.25, 0.3) is 0 Å². The van der Waals surface area contributed by atoms with Crippen molar-refractivity contribution < 1.29 is 5.11 Å². The molecule has 0 saturated carbocycles. The quantitative estimate of drug-likeness (QED) is 0.754. The maximum atomic E-state index is 10.2. The minimum absolute atomic E-state index is 0.194. The van der Waals surface area contributed by atoms with E-state index in [-0.39, 0.29) is 6.10 Å². The maximum Gasteiger partial charge on any atom is 0.0793 e. The van der Waals surface area contributed by atoms with E-state index >= 15 is 0 Å². The Bertz CT molecular complexity index is 233. The third kappa shape index (κ3) is 4.50. The minimum Gasteiger partial charge on any atom is -0.390 e. The Morgan fingerprint density at radius 1 is 1.06 bits per heavy atom. The SMILES string of the molecule is CC1CC(C)CN(CC(O)CN2CCNCC2)C1. The fourth-order valence-corrected chi connectivity index (χ4v) is 3.49. The second-order valence-electron chi connectivity index (χ2n) is 6.37. The van der Waals surface area contributed by atoms with E-state index in [0.717, 1.165) is 64.2 Å². The van der Waals surface area contributed by atoms with Crippen LogP contribution in [0.25, 0.3) is 0 Å². The number of nitrogens with one attached hydrogen (secondary N) is 1. The van der Waals surface area contributed by atoms with Gasteiger partial charge in [0.1, 0.15) is 0 Å². The molecule has 2 heterocycles. The van der Waals surface area contributed by atoms with Gasteiger partial charge in [-0.05, 0) is 18.3 Å². The van der Waals surface area contributed by atoms with Gasteiger partial charge in [0.05, 0.1) is 6.10 Å². The van der Waals surface area contributed by atoms with Crippen molar-refractivity contribution in [3.63, 3.8) is 0 Å². The van der Waals surface area contributed by atoms with E-state index < -0.39 is 0 Å². The highest BCUT2D eigenvalue weighted by atomic mass is 16.3. The van der Waals surface area contributed by atoms with Crippen LogP contribution >= 0.6 is 0 Å². The first-order valence-electron chi connectivity index (χ1n) is 7.47. The Labute approximate surface area is 111 Å². The molecule has 0 spiro atoms. The summed E-state index contributed by atoms with van der Waals surface area (Å²) in [6.07, 6.45) is 1.14. The normalized spacial score (nSPS) is 33.5. The smallest absolute Gasteiger partial charge is 0.0793 e. The summed E-state index contributed by atoms with van der Waals surface area (Å²) in [5.74, 6) is 1.56. The van der Waals surface area contributed by atoms with Gasteiger partial charge in [-0.2, -0.15) is 0 Å². The summed E-state index contributed by atoms with van der Waals surface area (Å²) in [6, 6.07) is 0. The van der Waals surface area contributed by atoms with Crippen molar-refractivity contribution in [2.24, 2.45) is 11.8 Å². The van der Waals surface area contributed by atoms with Crippen LogP contribution in [0.5, 0.6) is 0 Å². The van der Waals surface area contributed by atoms with Crippen molar-refractivity contribution in [1.29, 1.82) is 0 Å². The second kappa shape index (κ2) is 6.85. The molecule has 0 aromatic rings. The predicted octanol–water partition coefficient (Wildman–Crippen LogP) is 0.230. The highest BCUT2D eigenvalue weighted by Gasteiger charge is 2.24. The van der Waals surface area contributed by atoms with Gasteiger partial charge in [0.15, 0.2) is 0 Å². The summed E-state index contributed by atoms with van der Waals surface area (Å²) in [5, 5.41) is 13.6. The largest absolute Gasteiger partial charge is 0.390 e. The van der Waals surface area contributed by atoms with Gasteiger partial charge < -0.3 is 15.3 Å². The molecule has 2 N–H and O–H groups in total.